The Morgan fingerprint density at radius 2 is 2.16 bits per heavy atom. The lowest BCUT2D eigenvalue weighted by Crippen LogP contribution is -2.42. The molecule has 1 aliphatic carbocycles. The first-order chi connectivity index (χ1) is 9.28. The molecule has 1 aliphatic rings. The summed E-state index contributed by atoms with van der Waals surface area (Å²) >= 11 is 0. The van der Waals surface area contributed by atoms with Gasteiger partial charge in [-0.25, -0.2) is 4.99 Å². The van der Waals surface area contributed by atoms with Gasteiger partial charge in [0.2, 0.25) is 0 Å². The molecule has 0 saturated heterocycles. The number of pyridine rings is 1. The van der Waals surface area contributed by atoms with Gasteiger partial charge in [0.1, 0.15) is 0 Å². The van der Waals surface area contributed by atoms with Crippen molar-refractivity contribution in [1.82, 2.24) is 15.6 Å². The number of hydrogen-bond acceptors (Lipinski definition) is 2. The third-order valence-corrected chi connectivity index (χ3v) is 3.04. The molecule has 0 aliphatic heterocycles. The number of aryl methyl sites for hydroxylation is 1. The number of rotatable bonds is 4. The van der Waals surface area contributed by atoms with Crippen molar-refractivity contribution < 1.29 is 0 Å². The fourth-order valence-corrected chi connectivity index (χ4v) is 2.10. The van der Waals surface area contributed by atoms with Gasteiger partial charge in [-0.1, -0.05) is 18.2 Å². The standard InChI is InChI=1S/C15H22N4/c1-3-16-15(19-13-8-4-5-9-13)17-11-14-10-6-7-12(2)18-14/h4-7,10,13H,3,8-9,11H2,1-2H3,(H2,16,17,19). The Morgan fingerprint density at radius 1 is 1.37 bits per heavy atom. The van der Waals surface area contributed by atoms with E-state index in [9.17, 15) is 0 Å². The van der Waals surface area contributed by atoms with Crippen LogP contribution in [0.15, 0.2) is 35.3 Å². The smallest absolute Gasteiger partial charge is 0.191 e. The Bertz CT molecular complexity index is 457. The first-order valence-corrected chi connectivity index (χ1v) is 6.90. The highest BCUT2D eigenvalue weighted by atomic mass is 15.2. The summed E-state index contributed by atoms with van der Waals surface area (Å²) < 4.78 is 0. The largest absolute Gasteiger partial charge is 0.357 e. The van der Waals surface area contributed by atoms with Crippen molar-refractivity contribution in [3.63, 3.8) is 0 Å². The second kappa shape index (κ2) is 6.92. The minimum atomic E-state index is 0.475. The van der Waals surface area contributed by atoms with E-state index >= 15 is 0 Å². The van der Waals surface area contributed by atoms with Gasteiger partial charge in [-0.15, -0.1) is 0 Å². The maximum atomic E-state index is 4.59. The topological polar surface area (TPSA) is 49.3 Å². The van der Waals surface area contributed by atoms with Crippen LogP contribution in [0.1, 0.15) is 31.2 Å². The molecule has 1 aromatic rings. The third kappa shape index (κ3) is 4.39. The molecule has 102 valence electrons. The molecular weight excluding hydrogens is 236 g/mol. The highest BCUT2D eigenvalue weighted by molar-refractivity contribution is 5.80. The monoisotopic (exact) mass is 258 g/mol. The van der Waals surface area contributed by atoms with E-state index in [1.165, 1.54) is 0 Å². The highest BCUT2D eigenvalue weighted by Crippen LogP contribution is 2.08. The lowest BCUT2D eigenvalue weighted by Gasteiger charge is -2.16. The molecule has 0 fully saturated rings. The second-order valence-electron chi connectivity index (χ2n) is 4.75. The van der Waals surface area contributed by atoms with E-state index in [-0.39, 0.29) is 0 Å². The molecule has 0 unspecified atom stereocenters. The number of nitrogens with one attached hydrogen (secondary N) is 2. The van der Waals surface area contributed by atoms with Crippen molar-refractivity contribution in [2.45, 2.75) is 39.3 Å². The summed E-state index contributed by atoms with van der Waals surface area (Å²) in [6, 6.07) is 6.51. The lowest BCUT2D eigenvalue weighted by atomic mass is 10.2. The Kier molecular flexibility index (Phi) is 4.95. The fourth-order valence-electron chi connectivity index (χ4n) is 2.10. The summed E-state index contributed by atoms with van der Waals surface area (Å²) in [7, 11) is 0. The first kappa shape index (κ1) is 13.6. The molecule has 4 heteroatoms. The van der Waals surface area contributed by atoms with Crippen LogP contribution in [0.25, 0.3) is 0 Å². The average Bonchev–Trinajstić information content (AvgIpc) is 2.89. The lowest BCUT2D eigenvalue weighted by molar-refractivity contribution is 0.633. The predicted octanol–water partition coefficient (Wildman–Crippen LogP) is 2.16. The molecule has 0 spiro atoms. The van der Waals surface area contributed by atoms with Crippen LogP contribution in [-0.2, 0) is 6.54 Å². The Labute approximate surface area is 115 Å². The van der Waals surface area contributed by atoms with E-state index in [1.807, 2.05) is 25.1 Å². The van der Waals surface area contributed by atoms with Gasteiger partial charge >= 0.3 is 0 Å². The normalized spacial score (nSPS) is 15.8. The van der Waals surface area contributed by atoms with Crippen LogP contribution in [0.4, 0.5) is 0 Å². The van der Waals surface area contributed by atoms with Gasteiger partial charge in [0, 0.05) is 18.3 Å². The molecule has 2 rings (SSSR count). The Balaban J connectivity index is 1.95. The van der Waals surface area contributed by atoms with Crippen LogP contribution in [0.2, 0.25) is 0 Å². The van der Waals surface area contributed by atoms with Crippen molar-refractivity contribution in [3.8, 4) is 0 Å². The van der Waals surface area contributed by atoms with Gasteiger partial charge in [0.15, 0.2) is 5.96 Å². The van der Waals surface area contributed by atoms with Crippen molar-refractivity contribution in [2.75, 3.05) is 6.54 Å². The quantitative estimate of drug-likeness (QED) is 0.494. The van der Waals surface area contributed by atoms with Gasteiger partial charge < -0.3 is 10.6 Å². The maximum Gasteiger partial charge on any atom is 0.191 e. The number of aromatic nitrogens is 1. The van der Waals surface area contributed by atoms with Gasteiger partial charge in [-0.2, -0.15) is 0 Å². The van der Waals surface area contributed by atoms with E-state index in [4.69, 9.17) is 0 Å². The van der Waals surface area contributed by atoms with Gasteiger partial charge in [-0.05, 0) is 38.8 Å². The zero-order valence-electron chi connectivity index (χ0n) is 11.7. The zero-order valence-corrected chi connectivity index (χ0v) is 11.7. The van der Waals surface area contributed by atoms with Crippen LogP contribution in [-0.4, -0.2) is 23.5 Å². The summed E-state index contributed by atoms with van der Waals surface area (Å²) in [6.07, 6.45) is 6.58. The van der Waals surface area contributed by atoms with Crippen LogP contribution < -0.4 is 10.6 Å². The molecular formula is C15H22N4. The van der Waals surface area contributed by atoms with E-state index in [0.717, 1.165) is 36.7 Å². The molecule has 1 heterocycles. The summed E-state index contributed by atoms with van der Waals surface area (Å²) in [5.74, 6) is 0.875. The van der Waals surface area contributed by atoms with Crippen molar-refractivity contribution in [2.24, 2.45) is 4.99 Å². The van der Waals surface area contributed by atoms with E-state index in [0.29, 0.717) is 12.6 Å². The molecule has 0 radical (unpaired) electrons. The predicted molar refractivity (Wildman–Crippen MR) is 79.1 cm³/mol. The van der Waals surface area contributed by atoms with Crippen molar-refractivity contribution in [1.29, 1.82) is 0 Å². The van der Waals surface area contributed by atoms with Crippen LogP contribution in [0, 0.1) is 6.92 Å². The molecule has 2 N–H and O–H groups in total. The molecule has 19 heavy (non-hydrogen) atoms. The fraction of sp³-hybridized carbons (Fsp3) is 0.467. The Morgan fingerprint density at radius 3 is 2.84 bits per heavy atom. The van der Waals surface area contributed by atoms with Crippen molar-refractivity contribution >= 4 is 5.96 Å². The van der Waals surface area contributed by atoms with Crippen LogP contribution in [0.3, 0.4) is 0 Å². The molecule has 0 saturated carbocycles. The minimum Gasteiger partial charge on any atom is -0.357 e. The van der Waals surface area contributed by atoms with Crippen LogP contribution >= 0.6 is 0 Å². The molecule has 0 aromatic carbocycles. The summed E-state index contributed by atoms with van der Waals surface area (Å²) in [5, 5.41) is 6.73. The first-order valence-electron chi connectivity index (χ1n) is 6.90. The molecule has 0 bridgehead atoms. The summed E-state index contributed by atoms with van der Waals surface area (Å²) in [5.41, 5.74) is 2.03. The molecule has 4 nitrogen and oxygen atoms in total. The number of nitrogens with zero attached hydrogens (tertiary/aromatic N) is 2. The van der Waals surface area contributed by atoms with E-state index in [1.54, 1.807) is 0 Å². The highest BCUT2D eigenvalue weighted by Gasteiger charge is 2.11. The van der Waals surface area contributed by atoms with Gasteiger partial charge in [0.05, 0.1) is 12.2 Å². The number of hydrogen-bond donors (Lipinski definition) is 2. The zero-order chi connectivity index (χ0) is 13.5. The minimum absolute atomic E-state index is 0.475. The third-order valence-electron chi connectivity index (χ3n) is 3.04. The van der Waals surface area contributed by atoms with E-state index in [2.05, 4.69) is 39.7 Å². The molecule has 0 amide bonds. The maximum absolute atomic E-state index is 4.59. The number of guanidine groups is 1. The van der Waals surface area contributed by atoms with Gasteiger partial charge in [-0.3, -0.25) is 4.98 Å². The number of aliphatic imine (C=N–C) groups is 1. The molecule has 0 atom stereocenters. The summed E-state index contributed by atoms with van der Waals surface area (Å²) in [4.78, 5) is 9.05. The van der Waals surface area contributed by atoms with Crippen molar-refractivity contribution in [3.05, 3.63) is 41.7 Å². The summed E-state index contributed by atoms with van der Waals surface area (Å²) in [6.45, 7) is 5.56. The Hall–Kier alpha value is -1.84. The SMILES string of the molecule is CCNC(=NCc1cccc(C)n1)NC1CC=CC1. The van der Waals surface area contributed by atoms with Crippen LogP contribution in [0.5, 0.6) is 0 Å². The van der Waals surface area contributed by atoms with Gasteiger partial charge in [0.25, 0.3) is 0 Å². The average molecular weight is 258 g/mol. The second-order valence-corrected chi connectivity index (χ2v) is 4.75. The van der Waals surface area contributed by atoms with E-state index < -0.39 is 0 Å². The molecule has 1 aromatic heterocycles.